The maximum Gasteiger partial charge on any atom is 0.119 e. The van der Waals surface area contributed by atoms with Gasteiger partial charge in [0.1, 0.15) is 12.4 Å². The van der Waals surface area contributed by atoms with Crippen LogP contribution < -0.4 is 4.74 Å². The minimum absolute atomic E-state index is 0.0313. The minimum atomic E-state index is 0.0313. The van der Waals surface area contributed by atoms with Crippen molar-refractivity contribution in [2.45, 2.75) is 6.42 Å². The van der Waals surface area contributed by atoms with Crippen molar-refractivity contribution in [3.63, 3.8) is 0 Å². The summed E-state index contributed by atoms with van der Waals surface area (Å²) < 4.78 is 5.23. The van der Waals surface area contributed by atoms with E-state index >= 15 is 0 Å². The van der Waals surface area contributed by atoms with Crippen molar-refractivity contribution in [2.75, 3.05) is 19.0 Å². The van der Waals surface area contributed by atoms with Gasteiger partial charge in [0.05, 0.1) is 6.61 Å². The highest BCUT2D eigenvalue weighted by Crippen LogP contribution is 2.11. The standard InChI is InChI=1S/C12H14O2S/c13-8-9-14-12-6-4-11(5-7-12)3-1-2-10-15/h4-7,13,15H,2,8-10H2. The van der Waals surface area contributed by atoms with Crippen molar-refractivity contribution in [2.24, 2.45) is 0 Å². The Morgan fingerprint density at radius 1 is 1.27 bits per heavy atom. The summed E-state index contributed by atoms with van der Waals surface area (Å²) in [5.41, 5.74) is 0.966. The van der Waals surface area contributed by atoms with Crippen LogP contribution >= 0.6 is 12.6 Å². The molecule has 0 atom stereocenters. The molecule has 0 saturated heterocycles. The molecule has 0 saturated carbocycles. The zero-order valence-corrected chi connectivity index (χ0v) is 9.33. The van der Waals surface area contributed by atoms with E-state index in [9.17, 15) is 0 Å². The van der Waals surface area contributed by atoms with Crippen molar-refractivity contribution in [3.05, 3.63) is 29.8 Å². The van der Waals surface area contributed by atoms with Crippen molar-refractivity contribution >= 4 is 12.6 Å². The predicted molar refractivity (Wildman–Crippen MR) is 64.4 cm³/mol. The monoisotopic (exact) mass is 222 g/mol. The second kappa shape index (κ2) is 7.22. The summed E-state index contributed by atoms with van der Waals surface area (Å²) in [6, 6.07) is 7.50. The average Bonchev–Trinajstić information content (AvgIpc) is 2.28. The number of aliphatic hydroxyl groups is 1. The van der Waals surface area contributed by atoms with Crippen LogP contribution in [0, 0.1) is 11.8 Å². The zero-order valence-electron chi connectivity index (χ0n) is 8.44. The number of hydrogen-bond acceptors (Lipinski definition) is 3. The third-order valence-electron chi connectivity index (χ3n) is 1.68. The Bertz CT molecular complexity index is 335. The molecule has 1 rings (SSSR count). The summed E-state index contributed by atoms with van der Waals surface area (Å²) in [6.07, 6.45) is 0.797. The molecule has 0 heterocycles. The molecule has 1 aromatic rings. The number of ether oxygens (including phenoxy) is 1. The van der Waals surface area contributed by atoms with Gasteiger partial charge in [0.25, 0.3) is 0 Å². The van der Waals surface area contributed by atoms with Crippen LogP contribution in [0.15, 0.2) is 24.3 Å². The van der Waals surface area contributed by atoms with Gasteiger partial charge in [-0.25, -0.2) is 0 Å². The topological polar surface area (TPSA) is 29.5 Å². The molecule has 15 heavy (non-hydrogen) atoms. The summed E-state index contributed by atoms with van der Waals surface area (Å²) >= 11 is 4.08. The molecular formula is C12H14O2S. The second-order valence-electron chi connectivity index (χ2n) is 2.87. The third-order valence-corrected chi connectivity index (χ3v) is 1.91. The van der Waals surface area contributed by atoms with Gasteiger partial charge in [-0.3, -0.25) is 0 Å². The summed E-state index contributed by atoms with van der Waals surface area (Å²) in [6.45, 7) is 0.355. The largest absolute Gasteiger partial charge is 0.491 e. The van der Waals surface area contributed by atoms with Gasteiger partial charge in [-0.2, -0.15) is 12.6 Å². The number of rotatable bonds is 4. The number of thiol groups is 1. The molecule has 0 amide bonds. The summed E-state index contributed by atoms with van der Waals surface area (Å²) in [4.78, 5) is 0. The van der Waals surface area contributed by atoms with Crippen LogP contribution in [0.3, 0.4) is 0 Å². The van der Waals surface area contributed by atoms with Gasteiger partial charge in [0.2, 0.25) is 0 Å². The van der Waals surface area contributed by atoms with Gasteiger partial charge < -0.3 is 9.84 Å². The highest BCUT2D eigenvalue weighted by atomic mass is 32.1. The second-order valence-corrected chi connectivity index (χ2v) is 3.32. The average molecular weight is 222 g/mol. The van der Waals surface area contributed by atoms with Crippen LogP contribution in [0.5, 0.6) is 5.75 Å². The molecule has 2 nitrogen and oxygen atoms in total. The van der Waals surface area contributed by atoms with Crippen LogP contribution in [-0.2, 0) is 0 Å². The van der Waals surface area contributed by atoms with Gasteiger partial charge in [0, 0.05) is 17.7 Å². The van der Waals surface area contributed by atoms with Gasteiger partial charge in [-0.1, -0.05) is 11.8 Å². The Hall–Kier alpha value is -1.11. The molecule has 0 aromatic heterocycles. The van der Waals surface area contributed by atoms with Crippen molar-refractivity contribution in [1.29, 1.82) is 0 Å². The Kier molecular flexibility index (Phi) is 5.76. The highest BCUT2D eigenvalue weighted by molar-refractivity contribution is 7.80. The molecule has 3 heteroatoms. The van der Waals surface area contributed by atoms with Crippen LogP contribution in [0.4, 0.5) is 0 Å². The Morgan fingerprint density at radius 2 is 2.00 bits per heavy atom. The predicted octanol–water partition coefficient (Wildman–Crippen LogP) is 1.73. The first-order chi connectivity index (χ1) is 7.36. The first-order valence-corrected chi connectivity index (χ1v) is 5.43. The molecule has 1 aromatic carbocycles. The van der Waals surface area contributed by atoms with Gasteiger partial charge >= 0.3 is 0 Å². The maximum absolute atomic E-state index is 8.57. The smallest absolute Gasteiger partial charge is 0.119 e. The lowest BCUT2D eigenvalue weighted by Gasteiger charge is -2.02. The summed E-state index contributed by atoms with van der Waals surface area (Å²) in [5, 5.41) is 8.57. The van der Waals surface area contributed by atoms with Crippen LogP contribution in [0.2, 0.25) is 0 Å². The van der Waals surface area contributed by atoms with E-state index in [0.29, 0.717) is 6.61 Å². The Morgan fingerprint density at radius 3 is 2.60 bits per heavy atom. The molecule has 0 radical (unpaired) electrons. The van der Waals surface area contributed by atoms with E-state index in [-0.39, 0.29) is 6.61 Å². The molecule has 0 aliphatic heterocycles. The van der Waals surface area contributed by atoms with Crippen molar-refractivity contribution in [3.8, 4) is 17.6 Å². The fourth-order valence-electron chi connectivity index (χ4n) is 1.02. The molecule has 80 valence electrons. The fraction of sp³-hybridized carbons (Fsp3) is 0.333. The Balaban J connectivity index is 2.53. The van der Waals surface area contributed by atoms with Crippen molar-refractivity contribution in [1.82, 2.24) is 0 Å². The minimum Gasteiger partial charge on any atom is -0.491 e. The quantitative estimate of drug-likeness (QED) is 0.600. The third kappa shape index (κ3) is 4.78. The van der Waals surface area contributed by atoms with Crippen LogP contribution in [0.1, 0.15) is 12.0 Å². The Labute approximate surface area is 95.7 Å². The zero-order chi connectivity index (χ0) is 10.9. The number of hydrogen-bond donors (Lipinski definition) is 2. The number of aliphatic hydroxyl groups excluding tert-OH is 1. The van der Waals surface area contributed by atoms with Crippen LogP contribution in [0.25, 0.3) is 0 Å². The first-order valence-electron chi connectivity index (χ1n) is 4.80. The van der Waals surface area contributed by atoms with Gasteiger partial charge in [-0.15, -0.1) is 0 Å². The number of benzene rings is 1. The lowest BCUT2D eigenvalue weighted by atomic mass is 10.2. The maximum atomic E-state index is 8.57. The highest BCUT2D eigenvalue weighted by Gasteiger charge is 1.92. The molecular weight excluding hydrogens is 208 g/mol. The van der Waals surface area contributed by atoms with E-state index in [4.69, 9.17) is 9.84 Å². The summed E-state index contributed by atoms with van der Waals surface area (Å²) in [5.74, 6) is 7.57. The molecule has 0 bridgehead atoms. The first kappa shape index (κ1) is 12.0. The van der Waals surface area contributed by atoms with E-state index in [1.54, 1.807) is 0 Å². The molecule has 0 aliphatic rings. The molecule has 1 N–H and O–H groups in total. The SMILES string of the molecule is OCCOc1ccc(C#CCCS)cc1. The molecule has 0 unspecified atom stereocenters. The van der Waals surface area contributed by atoms with E-state index in [0.717, 1.165) is 23.5 Å². The van der Waals surface area contributed by atoms with Crippen molar-refractivity contribution < 1.29 is 9.84 Å². The van der Waals surface area contributed by atoms with Gasteiger partial charge in [-0.05, 0) is 24.3 Å². The normalized spacial score (nSPS) is 9.20. The van der Waals surface area contributed by atoms with E-state index in [2.05, 4.69) is 24.5 Å². The molecule has 0 fully saturated rings. The van der Waals surface area contributed by atoms with E-state index in [1.165, 1.54) is 0 Å². The summed E-state index contributed by atoms with van der Waals surface area (Å²) in [7, 11) is 0. The molecule has 0 aliphatic carbocycles. The van der Waals surface area contributed by atoms with E-state index < -0.39 is 0 Å². The fourth-order valence-corrected chi connectivity index (χ4v) is 1.13. The molecule has 0 spiro atoms. The van der Waals surface area contributed by atoms with Gasteiger partial charge in [0.15, 0.2) is 0 Å². The van der Waals surface area contributed by atoms with Crippen LogP contribution in [-0.4, -0.2) is 24.1 Å². The van der Waals surface area contributed by atoms with E-state index in [1.807, 2.05) is 24.3 Å². The lowest BCUT2D eigenvalue weighted by Crippen LogP contribution is -2.01. The lowest BCUT2D eigenvalue weighted by molar-refractivity contribution is 0.201.